The first-order valence-electron chi connectivity index (χ1n) is 7.45. The number of benzene rings is 1. The van der Waals surface area contributed by atoms with Crippen molar-refractivity contribution in [3.05, 3.63) is 51.5 Å². The number of anilines is 1. The Morgan fingerprint density at radius 1 is 1.21 bits per heavy atom. The predicted octanol–water partition coefficient (Wildman–Crippen LogP) is -0.151. The number of carbonyl (C=O) groups is 2. The number of urea groups is 1. The average molecular weight is 437 g/mol. The zero-order valence-corrected chi connectivity index (χ0v) is 18.7. The standard InChI is InChI=1S/C15H15ClN4O6S.Na/c1-3-25-13(21)10-4-6-11(7-5-10)26-27(23,24)20-15(22)19-14-17-9(2)8-12(16)18-14;/h4-8H,3H2,1-2H3,(H2,17,18,19,20,22);/q;+1/p-1. The summed E-state index contributed by atoms with van der Waals surface area (Å²) in [5, 5.41) is 2.14. The van der Waals surface area contributed by atoms with E-state index in [9.17, 15) is 18.0 Å². The molecule has 0 aliphatic carbocycles. The molecule has 2 amide bonds. The quantitative estimate of drug-likeness (QED) is 0.374. The molecule has 144 valence electrons. The molecule has 2 rings (SSSR count). The van der Waals surface area contributed by atoms with Crippen LogP contribution in [0.25, 0.3) is 4.72 Å². The number of rotatable bonds is 6. The number of aromatic nitrogens is 2. The van der Waals surface area contributed by atoms with E-state index in [4.69, 9.17) is 16.3 Å². The summed E-state index contributed by atoms with van der Waals surface area (Å²) in [5.41, 5.74) is 0.677. The van der Waals surface area contributed by atoms with Gasteiger partial charge in [-0.1, -0.05) is 11.6 Å². The Kier molecular flexibility index (Phi) is 9.11. The van der Waals surface area contributed by atoms with E-state index >= 15 is 0 Å². The van der Waals surface area contributed by atoms with E-state index in [-0.39, 0.29) is 58.6 Å². The number of nitrogens with zero attached hydrogens (tertiary/aromatic N) is 3. The van der Waals surface area contributed by atoms with Crippen molar-refractivity contribution in [2.75, 3.05) is 11.9 Å². The molecule has 1 aromatic heterocycles. The fourth-order valence-corrected chi connectivity index (χ4v) is 2.69. The van der Waals surface area contributed by atoms with Gasteiger partial charge in [-0.05, 0) is 44.2 Å². The summed E-state index contributed by atoms with van der Waals surface area (Å²) < 4.78 is 36.1. The van der Waals surface area contributed by atoms with Crippen LogP contribution in [0.3, 0.4) is 0 Å². The summed E-state index contributed by atoms with van der Waals surface area (Å²) in [6.45, 7) is 3.47. The molecule has 1 aromatic carbocycles. The zero-order chi connectivity index (χ0) is 20.0. The fraction of sp³-hybridized carbons (Fsp3) is 0.200. The van der Waals surface area contributed by atoms with Crippen LogP contribution in [0, 0.1) is 6.92 Å². The predicted molar refractivity (Wildman–Crippen MR) is 96.1 cm³/mol. The van der Waals surface area contributed by atoms with Gasteiger partial charge in [-0.15, -0.1) is 0 Å². The maximum Gasteiger partial charge on any atom is 1.00 e. The molecule has 0 unspecified atom stereocenters. The van der Waals surface area contributed by atoms with Gasteiger partial charge in [0.05, 0.1) is 12.2 Å². The van der Waals surface area contributed by atoms with Gasteiger partial charge < -0.3 is 14.2 Å². The number of nitrogens with one attached hydrogen (secondary N) is 1. The third kappa shape index (κ3) is 7.60. The smallest absolute Gasteiger partial charge is 0.462 e. The number of ether oxygens (including phenoxy) is 1. The SMILES string of the molecule is CCOC(=O)c1ccc(OS(=O)(=O)[N-]C(=O)Nc2nc(C)cc(Cl)n2)cc1.[Na+]. The number of hydrogen-bond acceptors (Lipinski definition) is 8. The molecule has 13 heteroatoms. The van der Waals surface area contributed by atoms with E-state index in [1.54, 1.807) is 13.8 Å². The molecule has 0 atom stereocenters. The van der Waals surface area contributed by atoms with E-state index in [1.165, 1.54) is 30.3 Å². The van der Waals surface area contributed by atoms with E-state index < -0.39 is 22.3 Å². The van der Waals surface area contributed by atoms with Crippen LogP contribution in [0.5, 0.6) is 5.75 Å². The molecular formula is C15H14ClN4NaO6S. The van der Waals surface area contributed by atoms with Gasteiger partial charge in [0.25, 0.3) is 0 Å². The van der Waals surface area contributed by atoms with Gasteiger partial charge >= 0.3 is 45.8 Å². The monoisotopic (exact) mass is 436 g/mol. The first kappa shape index (κ1) is 24.1. The second-order valence-corrected chi connectivity index (χ2v) is 6.52. The van der Waals surface area contributed by atoms with Crippen molar-refractivity contribution >= 4 is 39.9 Å². The number of halogens is 1. The van der Waals surface area contributed by atoms with Gasteiger partial charge in [0.15, 0.2) is 6.03 Å². The van der Waals surface area contributed by atoms with Crippen molar-refractivity contribution in [1.82, 2.24) is 9.97 Å². The Bertz CT molecular complexity index is 935. The van der Waals surface area contributed by atoms with Crippen LogP contribution in [0.1, 0.15) is 23.0 Å². The molecule has 0 aliphatic heterocycles. The van der Waals surface area contributed by atoms with Gasteiger partial charge in [-0.2, -0.15) is 8.42 Å². The number of hydrogen-bond donors (Lipinski definition) is 1. The van der Waals surface area contributed by atoms with Gasteiger partial charge in [-0.3, -0.25) is 9.52 Å². The van der Waals surface area contributed by atoms with Crippen LogP contribution < -0.4 is 39.1 Å². The van der Waals surface area contributed by atoms with Gasteiger partial charge in [0, 0.05) is 5.69 Å². The average Bonchev–Trinajstić information content (AvgIpc) is 2.53. The molecular weight excluding hydrogens is 423 g/mol. The molecule has 28 heavy (non-hydrogen) atoms. The van der Waals surface area contributed by atoms with Crippen LogP contribution in [-0.4, -0.2) is 37.0 Å². The van der Waals surface area contributed by atoms with Crippen molar-refractivity contribution in [2.24, 2.45) is 0 Å². The van der Waals surface area contributed by atoms with E-state index in [0.717, 1.165) is 0 Å². The summed E-state index contributed by atoms with van der Waals surface area (Å²) in [7, 11) is -4.61. The van der Waals surface area contributed by atoms with Crippen LogP contribution in [0.15, 0.2) is 30.3 Å². The van der Waals surface area contributed by atoms with Crippen molar-refractivity contribution in [3.63, 3.8) is 0 Å². The van der Waals surface area contributed by atoms with Crippen LogP contribution in [0.2, 0.25) is 5.15 Å². The Hall–Kier alpha value is -1.92. The maximum atomic E-state index is 11.8. The number of amides is 2. The molecule has 0 radical (unpaired) electrons. The minimum atomic E-state index is -4.61. The first-order chi connectivity index (χ1) is 12.7. The summed E-state index contributed by atoms with van der Waals surface area (Å²) in [6, 6.07) is 5.26. The summed E-state index contributed by atoms with van der Waals surface area (Å²) in [4.78, 5) is 30.8. The molecule has 1 N–H and O–H groups in total. The van der Waals surface area contributed by atoms with Crippen LogP contribution in [-0.2, 0) is 15.0 Å². The normalized spacial score (nSPS) is 10.4. The van der Waals surface area contributed by atoms with Gasteiger partial charge in [0.1, 0.15) is 16.9 Å². The largest absolute Gasteiger partial charge is 1.00 e. The minimum Gasteiger partial charge on any atom is -0.462 e. The maximum absolute atomic E-state index is 11.8. The topological polar surface area (TPSA) is 139 Å². The van der Waals surface area contributed by atoms with E-state index in [2.05, 4.69) is 24.2 Å². The number of aryl methyl sites for hydroxylation is 1. The second kappa shape index (κ2) is 10.6. The van der Waals surface area contributed by atoms with Crippen LogP contribution >= 0.6 is 11.6 Å². The molecule has 0 aliphatic rings. The van der Waals surface area contributed by atoms with Gasteiger partial charge in [0.2, 0.25) is 0 Å². The van der Waals surface area contributed by atoms with Crippen LogP contribution in [0.4, 0.5) is 10.7 Å². The Balaban J connectivity index is 0.00000392. The van der Waals surface area contributed by atoms with Gasteiger partial charge in [-0.25, -0.2) is 14.8 Å². The third-order valence-corrected chi connectivity index (χ3v) is 3.79. The molecule has 0 bridgehead atoms. The van der Waals surface area contributed by atoms with Crippen molar-refractivity contribution in [1.29, 1.82) is 0 Å². The molecule has 0 saturated carbocycles. The molecule has 10 nitrogen and oxygen atoms in total. The Labute approximate surface area is 188 Å². The molecule has 2 aromatic rings. The molecule has 0 fully saturated rings. The van der Waals surface area contributed by atoms with Crippen molar-refractivity contribution in [3.8, 4) is 5.75 Å². The van der Waals surface area contributed by atoms with E-state index in [0.29, 0.717) is 5.69 Å². The van der Waals surface area contributed by atoms with Crippen molar-refractivity contribution < 1.29 is 56.5 Å². The summed E-state index contributed by atoms with van der Waals surface area (Å²) >= 11 is 5.72. The number of carbonyl (C=O) groups excluding carboxylic acids is 2. The van der Waals surface area contributed by atoms with Crippen molar-refractivity contribution in [2.45, 2.75) is 13.8 Å². The Morgan fingerprint density at radius 2 is 1.86 bits per heavy atom. The summed E-state index contributed by atoms with van der Waals surface area (Å²) in [6.07, 6.45) is 0. The summed E-state index contributed by atoms with van der Waals surface area (Å²) in [5.74, 6) is -0.912. The third-order valence-electron chi connectivity index (χ3n) is 2.80. The second-order valence-electron chi connectivity index (χ2n) is 4.93. The number of esters is 1. The first-order valence-corrected chi connectivity index (χ1v) is 9.19. The molecule has 0 spiro atoms. The fourth-order valence-electron chi connectivity index (χ4n) is 1.81. The Morgan fingerprint density at radius 3 is 2.43 bits per heavy atom. The zero-order valence-electron chi connectivity index (χ0n) is 15.2. The minimum absolute atomic E-state index is 0. The molecule has 1 heterocycles. The molecule has 0 saturated heterocycles. The van der Waals surface area contributed by atoms with E-state index in [1.807, 2.05) is 0 Å².